The number of nitrogens with one attached hydrogen (secondary N) is 1. The highest BCUT2D eigenvalue weighted by Crippen LogP contribution is 2.20. The second-order valence-electron chi connectivity index (χ2n) is 6.24. The van der Waals surface area contributed by atoms with Gasteiger partial charge in [0.2, 0.25) is 0 Å². The van der Waals surface area contributed by atoms with Crippen molar-refractivity contribution in [2.75, 3.05) is 50.7 Å². The highest BCUT2D eigenvalue weighted by Gasteiger charge is 2.33. The van der Waals surface area contributed by atoms with Crippen molar-refractivity contribution in [3.8, 4) is 0 Å². The first-order valence-corrected chi connectivity index (χ1v) is 7.81. The third kappa shape index (κ3) is 3.73. The van der Waals surface area contributed by atoms with E-state index in [1.807, 2.05) is 12.1 Å². The largest absolute Gasteiger partial charge is 0.387 e. The molecule has 116 valence electrons. The van der Waals surface area contributed by atoms with Crippen LogP contribution in [0.25, 0.3) is 0 Å². The Balaban J connectivity index is 1.57. The molecule has 3 rings (SSSR count). The summed E-state index contributed by atoms with van der Waals surface area (Å²) in [6, 6.07) is 6.73. The number of β-amino-alcohol motifs (C(OH)–C–C–N with tert-alkyl or cyclic N) is 1. The lowest BCUT2D eigenvalue weighted by atomic mass is 10.0. The van der Waals surface area contributed by atoms with Crippen LogP contribution in [-0.2, 0) is 0 Å². The van der Waals surface area contributed by atoms with Gasteiger partial charge in [-0.25, -0.2) is 4.39 Å². The Labute approximate surface area is 125 Å². The molecule has 5 heteroatoms. The molecule has 0 bridgehead atoms. The minimum absolute atomic E-state index is 0.189. The molecule has 1 aromatic rings. The maximum Gasteiger partial charge on any atom is 0.123 e. The smallest absolute Gasteiger partial charge is 0.123 e. The number of rotatable bonds is 3. The Hall–Kier alpha value is -1.17. The fourth-order valence-corrected chi connectivity index (χ4v) is 3.32. The molecule has 2 fully saturated rings. The van der Waals surface area contributed by atoms with Crippen molar-refractivity contribution in [1.82, 2.24) is 10.2 Å². The summed E-state index contributed by atoms with van der Waals surface area (Å²) in [6.45, 7) is 6.22. The van der Waals surface area contributed by atoms with Gasteiger partial charge in [0, 0.05) is 45.0 Å². The number of hydrogen-bond acceptors (Lipinski definition) is 4. The summed E-state index contributed by atoms with van der Waals surface area (Å²) in [4.78, 5) is 4.66. The number of benzene rings is 1. The number of hydrogen-bond donors (Lipinski definition) is 2. The monoisotopic (exact) mass is 293 g/mol. The minimum Gasteiger partial charge on any atom is -0.387 e. The first-order chi connectivity index (χ1) is 10.1. The molecule has 2 aliphatic rings. The Morgan fingerprint density at radius 2 is 1.95 bits per heavy atom. The minimum atomic E-state index is -0.564. The van der Waals surface area contributed by atoms with Gasteiger partial charge < -0.3 is 15.3 Å². The van der Waals surface area contributed by atoms with Gasteiger partial charge in [0.15, 0.2) is 0 Å². The van der Waals surface area contributed by atoms with Crippen LogP contribution < -0.4 is 10.2 Å². The lowest BCUT2D eigenvalue weighted by molar-refractivity contribution is 0.0228. The Bertz CT molecular complexity index is 459. The molecule has 0 amide bonds. The molecule has 0 radical (unpaired) electrons. The van der Waals surface area contributed by atoms with E-state index in [2.05, 4.69) is 15.1 Å². The zero-order chi connectivity index (χ0) is 14.7. The van der Waals surface area contributed by atoms with Crippen molar-refractivity contribution >= 4 is 5.69 Å². The average molecular weight is 293 g/mol. The second-order valence-corrected chi connectivity index (χ2v) is 6.24. The molecule has 4 nitrogen and oxygen atoms in total. The summed E-state index contributed by atoms with van der Waals surface area (Å²) in [6.07, 6.45) is 1.91. The van der Waals surface area contributed by atoms with E-state index in [1.54, 1.807) is 0 Å². The van der Waals surface area contributed by atoms with Crippen molar-refractivity contribution in [2.45, 2.75) is 18.4 Å². The fraction of sp³-hybridized carbons (Fsp3) is 0.625. The highest BCUT2D eigenvalue weighted by atomic mass is 19.1. The number of halogens is 1. The molecule has 1 aromatic carbocycles. The predicted molar refractivity (Wildman–Crippen MR) is 82.1 cm³/mol. The van der Waals surface area contributed by atoms with Crippen LogP contribution in [0, 0.1) is 5.82 Å². The van der Waals surface area contributed by atoms with E-state index < -0.39 is 5.60 Å². The molecule has 2 saturated heterocycles. The van der Waals surface area contributed by atoms with E-state index in [-0.39, 0.29) is 5.82 Å². The SMILES string of the molecule is OC1(CN2CCCN(c3ccc(F)cc3)CC2)CCNC1. The molecule has 0 spiro atoms. The Morgan fingerprint density at radius 1 is 1.14 bits per heavy atom. The zero-order valence-electron chi connectivity index (χ0n) is 12.4. The topological polar surface area (TPSA) is 38.7 Å². The summed E-state index contributed by atoms with van der Waals surface area (Å²) in [5.74, 6) is -0.189. The van der Waals surface area contributed by atoms with Crippen LogP contribution in [0.4, 0.5) is 10.1 Å². The molecule has 1 unspecified atom stereocenters. The summed E-state index contributed by atoms with van der Waals surface area (Å²) in [7, 11) is 0. The predicted octanol–water partition coefficient (Wildman–Crippen LogP) is 1.06. The van der Waals surface area contributed by atoms with Crippen LogP contribution >= 0.6 is 0 Å². The maximum absolute atomic E-state index is 13.0. The van der Waals surface area contributed by atoms with Crippen molar-refractivity contribution in [3.63, 3.8) is 0 Å². The normalized spacial score (nSPS) is 27.8. The van der Waals surface area contributed by atoms with Gasteiger partial charge in [-0.05, 0) is 43.7 Å². The molecule has 2 N–H and O–H groups in total. The molecule has 2 heterocycles. The standard InChI is InChI=1S/C16H24FN3O/c17-14-2-4-15(5-3-14)20-9-1-8-19(10-11-20)13-16(21)6-7-18-12-16/h2-5,18,21H,1,6-13H2. The zero-order valence-corrected chi connectivity index (χ0v) is 12.4. The molecule has 1 atom stereocenters. The summed E-state index contributed by atoms with van der Waals surface area (Å²) >= 11 is 0. The summed E-state index contributed by atoms with van der Waals surface area (Å²) in [5.41, 5.74) is 0.518. The quantitative estimate of drug-likeness (QED) is 0.874. The Kier molecular flexibility index (Phi) is 4.42. The van der Waals surface area contributed by atoms with Crippen LogP contribution in [0.1, 0.15) is 12.8 Å². The van der Waals surface area contributed by atoms with E-state index in [9.17, 15) is 9.50 Å². The van der Waals surface area contributed by atoms with Crippen molar-refractivity contribution in [1.29, 1.82) is 0 Å². The van der Waals surface area contributed by atoms with Gasteiger partial charge >= 0.3 is 0 Å². The van der Waals surface area contributed by atoms with E-state index in [0.29, 0.717) is 6.54 Å². The number of nitrogens with zero attached hydrogens (tertiary/aromatic N) is 2. The molecular formula is C16H24FN3O. The lowest BCUT2D eigenvalue weighted by Gasteiger charge is -2.30. The van der Waals surface area contributed by atoms with Crippen LogP contribution in [0.2, 0.25) is 0 Å². The average Bonchev–Trinajstić information content (AvgIpc) is 2.76. The molecular weight excluding hydrogens is 269 g/mol. The van der Waals surface area contributed by atoms with Gasteiger partial charge in [-0.3, -0.25) is 4.90 Å². The van der Waals surface area contributed by atoms with Crippen molar-refractivity contribution in [2.24, 2.45) is 0 Å². The van der Waals surface area contributed by atoms with Gasteiger partial charge in [-0.2, -0.15) is 0 Å². The van der Waals surface area contributed by atoms with E-state index >= 15 is 0 Å². The molecule has 2 aliphatic heterocycles. The highest BCUT2D eigenvalue weighted by molar-refractivity contribution is 5.46. The van der Waals surface area contributed by atoms with Gasteiger partial charge in [0.25, 0.3) is 0 Å². The van der Waals surface area contributed by atoms with Gasteiger partial charge in [0.05, 0.1) is 5.60 Å². The van der Waals surface area contributed by atoms with E-state index in [0.717, 1.165) is 57.8 Å². The maximum atomic E-state index is 13.0. The van der Waals surface area contributed by atoms with Gasteiger partial charge in [-0.15, -0.1) is 0 Å². The van der Waals surface area contributed by atoms with Crippen molar-refractivity contribution in [3.05, 3.63) is 30.1 Å². The first-order valence-electron chi connectivity index (χ1n) is 7.81. The van der Waals surface area contributed by atoms with E-state index in [1.165, 1.54) is 12.1 Å². The molecule has 0 aliphatic carbocycles. The Morgan fingerprint density at radius 3 is 2.67 bits per heavy atom. The number of anilines is 1. The molecule has 0 saturated carbocycles. The molecule has 21 heavy (non-hydrogen) atoms. The third-order valence-corrected chi connectivity index (χ3v) is 4.52. The second kappa shape index (κ2) is 6.30. The van der Waals surface area contributed by atoms with Crippen LogP contribution in [0.5, 0.6) is 0 Å². The summed E-state index contributed by atoms with van der Waals surface area (Å²) < 4.78 is 13.0. The molecule has 0 aromatic heterocycles. The van der Waals surface area contributed by atoms with Gasteiger partial charge in [-0.1, -0.05) is 0 Å². The first kappa shape index (κ1) is 14.8. The number of aliphatic hydroxyl groups is 1. The van der Waals surface area contributed by atoms with Gasteiger partial charge in [0.1, 0.15) is 5.82 Å². The third-order valence-electron chi connectivity index (χ3n) is 4.52. The summed E-state index contributed by atoms with van der Waals surface area (Å²) in [5, 5.41) is 13.7. The van der Waals surface area contributed by atoms with Crippen molar-refractivity contribution < 1.29 is 9.50 Å². The lowest BCUT2D eigenvalue weighted by Crippen LogP contribution is -2.45. The van der Waals surface area contributed by atoms with Crippen LogP contribution in [-0.4, -0.2) is 61.4 Å². The van der Waals surface area contributed by atoms with Crippen LogP contribution in [0.15, 0.2) is 24.3 Å². The fourth-order valence-electron chi connectivity index (χ4n) is 3.32. The van der Waals surface area contributed by atoms with Crippen LogP contribution in [0.3, 0.4) is 0 Å². The van der Waals surface area contributed by atoms with E-state index in [4.69, 9.17) is 0 Å².